The van der Waals surface area contributed by atoms with Gasteiger partial charge in [-0.1, -0.05) is 33.6 Å². The van der Waals surface area contributed by atoms with Crippen molar-refractivity contribution in [2.75, 3.05) is 7.05 Å². The zero-order valence-electron chi connectivity index (χ0n) is 10.8. The van der Waals surface area contributed by atoms with E-state index in [-0.39, 0.29) is 0 Å². The Kier molecular flexibility index (Phi) is 4.54. The van der Waals surface area contributed by atoms with Crippen molar-refractivity contribution in [3.8, 4) is 0 Å². The molecular formula is C14H17BrN2S. The minimum absolute atomic E-state index is 0.292. The lowest BCUT2D eigenvalue weighted by Gasteiger charge is -2.17. The second-order valence-electron chi connectivity index (χ2n) is 4.43. The van der Waals surface area contributed by atoms with Gasteiger partial charge in [-0.3, -0.25) is 0 Å². The molecule has 0 bridgehead atoms. The molecule has 2 nitrogen and oxygen atoms in total. The van der Waals surface area contributed by atoms with Gasteiger partial charge in [0.2, 0.25) is 0 Å². The van der Waals surface area contributed by atoms with Crippen LogP contribution in [0.25, 0.3) is 0 Å². The highest BCUT2D eigenvalue weighted by molar-refractivity contribution is 9.10. The van der Waals surface area contributed by atoms with Crippen molar-refractivity contribution in [2.24, 2.45) is 0 Å². The van der Waals surface area contributed by atoms with Gasteiger partial charge in [0.05, 0.1) is 10.7 Å². The zero-order chi connectivity index (χ0) is 13.1. The van der Waals surface area contributed by atoms with Gasteiger partial charge in [0.25, 0.3) is 0 Å². The predicted molar refractivity (Wildman–Crippen MR) is 81.2 cm³/mol. The van der Waals surface area contributed by atoms with Crippen molar-refractivity contribution in [1.29, 1.82) is 0 Å². The molecule has 0 aliphatic carbocycles. The molecule has 0 radical (unpaired) electrons. The van der Waals surface area contributed by atoms with Crippen LogP contribution in [0.3, 0.4) is 0 Å². The van der Waals surface area contributed by atoms with Crippen molar-refractivity contribution in [2.45, 2.75) is 26.3 Å². The Morgan fingerprint density at radius 3 is 2.78 bits per heavy atom. The number of halogens is 1. The van der Waals surface area contributed by atoms with Crippen molar-refractivity contribution in [3.05, 3.63) is 49.9 Å². The number of thiazole rings is 1. The number of hydrogen-bond acceptors (Lipinski definition) is 3. The first-order chi connectivity index (χ1) is 8.60. The van der Waals surface area contributed by atoms with E-state index in [2.05, 4.69) is 56.7 Å². The van der Waals surface area contributed by atoms with Gasteiger partial charge in [0, 0.05) is 22.3 Å². The highest BCUT2D eigenvalue weighted by Gasteiger charge is 2.14. The number of aromatic nitrogens is 1. The van der Waals surface area contributed by atoms with Crippen LogP contribution in [0.4, 0.5) is 0 Å². The Morgan fingerprint density at radius 2 is 2.17 bits per heavy atom. The fraction of sp³-hybridized carbons (Fsp3) is 0.357. The lowest BCUT2D eigenvalue weighted by Crippen LogP contribution is -2.19. The maximum atomic E-state index is 4.54. The van der Waals surface area contributed by atoms with E-state index in [4.69, 9.17) is 0 Å². The van der Waals surface area contributed by atoms with E-state index in [9.17, 15) is 0 Å². The normalized spacial score (nSPS) is 12.7. The first-order valence-electron chi connectivity index (χ1n) is 5.94. The molecule has 0 amide bonds. The molecule has 1 unspecified atom stereocenters. The third kappa shape index (κ3) is 3.19. The fourth-order valence-corrected chi connectivity index (χ4v) is 3.16. The summed E-state index contributed by atoms with van der Waals surface area (Å²) in [6.45, 7) is 4.17. The molecule has 1 atom stereocenters. The zero-order valence-corrected chi connectivity index (χ0v) is 13.2. The quantitative estimate of drug-likeness (QED) is 0.918. The summed E-state index contributed by atoms with van der Waals surface area (Å²) in [4.78, 5) is 4.54. The number of likely N-dealkylation sites (N-methyl/N-ethyl adjacent to an activating group) is 1. The van der Waals surface area contributed by atoms with Crippen LogP contribution >= 0.6 is 27.3 Å². The summed E-state index contributed by atoms with van der Waals surface area (Å²) >= 11 is 5.34. The largest absolute Gasteiger partial charge is 0.313 e. The minimum atomic E-state index is 0.292. The van der Waals surface area contributed by atoms with E-state index in [1.54, 1.807) is 11.3 Å². The molecule has 1 aromatic heterocycles. The lowest BCUT2D eigenvalue weighted by atomic mass is 10.0. The maximum absolute atomic E-state index is 4.54. The van der Waals surface area contributed by atoms with Crippen molar-refractivity contribution in [1.82, 2.24) is 10.3 Å². The summed E-state index contributed by atoms with van der Waals surface area (Å²) in [5.41, 5.74) is 3.73. The van der Waals surface area contributed by atoms with Gasteiger partial charge in [-0.05, 0) is 32.5 Å². The summed E-state index contributed by atoms with van der Waals surface area (Å²) in [6.07, 6.45) is 0.920. The van der Waals surface area contributed by atoms with Crippen LogP contribution in [-0.4, -0.2) is 12.0 Å². The van der Waals surface area contributed by atoms with Crippen molar-refractivity contribution >= 4 is 27.3 Å². The van der Waals surface area contributed by atoms with Gasteiger partial charge in [0.1, 0.15) is 0 Å². The highest BCUT2D eigenvalue weighted by Crippen LogP contribution is 2.27. The number of aryl methyl sites for hydroxylation is 2. The number of hydrogen-bond donors (Lipinski definition) is 1. The monoisotopic (exact) mass is 324 g/mol. The van der Waals surface area contributed by atoms with Crippen LogP contribution in [0, 0.1) is 13.8 Å². The summed E-state index contributed by atoms with van der Waals surface area (Å²) in [5, 5.41) is 6.65. The van der Waals surface area contributed by atoms with Gasteiger partial charge in [-0.2, -0.15) is 0 Å². The van der Waals surface area contributed by atoms with Crippen LogP contribution in [0.1, 0.15) is 27.9 Å². The third-order valence-electron chi connectivity index (χ3n) is 2.96. The van der Waals surface area contributed by atoms with Gasteiger partial charge < -0.3 is 5.32 Å². The molecule has 0 saturated carbocycles. The molecule has 0 aliphatic heterocycles. The van der Waals surface area contributed by atoms with E-state index in [0.29, 0.717) is 6.04 Å². The van der Waals surface area contributed by atoms with E-state index in [1.807, 2.05) is 14.0 Å². The molecule has 1 heterocycles. The average Bonchev–Trinajstić information content (AvgIpc) is 2.75. The second-order valence-corrected chi connectivity index (χ2v) is 6.34. The fourth-order valence-electron chi connectivity index (χ4n) is 2.01. The van der Waals surface area contributed by atoms with Crippen LogP contribution in [0.15, 0.2) is 28.1 Å². The molecule has 0 fully saturated rings. The Balaban J connectivity index is 2.25. The first-order valence-corrected chi connectivity index (χ1v) is 7.61. The number of nitrogens with zero attached hydrogens (tertiary/aromatic N) is 1. The van der Waals surface area contributed by atoms with Gasteiger partial charge in [0.15, 0.2) is 0 Å². The van der Waals surface area contributed by atoms with E-state index >= 15 is 0 Å². The van der Waals surface area contributed by atoms with Crippen LogP contribution in [0.5, 0.6) is 0 Å². The topological polar surface area (TPSA) is 24.9 Å². The molecular weight excluding hydrogens is 308 g/mol. The molecule has 1 N–H and O–H groups in total. The Morgan fingerprint density at radius 1 is 1.39 bits per heavy atom. The van der Waals surface area contributed by atoms with E-state index in [0.717, 1.165) is 21.6 Å². The average molecular weight is 325 g/mol. The minimum Gasteiger partial charge on any atom is -0.313 e. The summed E-state index contributed by atoms with van der Waals surface area (Å²) in [6, 6.07) is 6.75. The highest BCUT2D eigenvalue weighted by atomic mass is 79.9. The Labute approximate surface area is 121 Å². The number of rotatable bonds is 4. The summed E-state index contributed by atoms with van der Waals surface area (Å²) in [5.74, 6) is 0. The molecule has 96 valence electrons. The van der Waals surface area contributed by atoms with Gasteiger partial charge >= 0.3 is 0 Å². The summed E-state index contributed by atoms with van der Waals surface area (Å²) < 4.78 is 1.15. The van der Waals surface area contributed by atoms with E-state index in [1.165, 1.54) is 11.1 Å². The SMILES string of the molecule is CNC(Cc1csc(C)n1)c1cc(C)ccc1Br. The van der Waals surface area contributed by atoms with Crippen LogP contribution in [0.2, 0.25) is 0 Å². The smallest absolute Gasteiger partial charge is 0.0897 e. The third-order valence-corrected chi connectivity index (χ3v) is 4.50. The molecule has 0 spiro atoms. The van der Waals surface area contributed by atoms with Crippen molar-refractivity contribution < 1.29 is 0 Å². The molecule has 0 aliphatic rings. The summed E-state index contributed by atoms with van der Waals surface area (Å²) in [7, 11) is 2.00. The molecule has 2 aromatic rings. The first kappa shape index (κ1) is 13.7. The molecule has 4 heteroatoms. The Hall–Kier alpha value is -0.710. The number of benzene rings is 1. The predicted octanol–water partition coefficient (Wildman–Crippen LogP) is 4.03. The molecule has 18 heavy (non-hydrogen) atoms. The molecule has 1 aromatic carbocycles. The standard InChI is InChI=1S/C14H17BrN2S/c1-9-4-5-13(15)12(6-9)14(16-3)7-11-8-18-10(2)17-11/h4-6,8,14,16H,7H2,1-3H3. The van der Waals surface area contributed by atoms with Gasteiger partial charge in [-0.25, -0.2) is 4.98 Å². The molecule has 0 saturated heterocycles. The van der Waals surface area contributed by atoms with Crippen LogP contribution in [-0.2, 0) is 6.42 Å². The number of nitrogens with one attached hydrogen (secondary N) is 1. The second kappa shape index (κ2) is 5.95. The van der Waals surface area contributed by atoms with Crippen molar-refractivity contribution in [3.63, 3.8) is 0 Å². The van der Waals surface area contributed by atoms with Crippen LogP contribution < -0.4 is 5.32 Å². The van der Waals surface area contributed by atoms with E-state index < -0.39 is 0 Å². The Bertz CT molecular complexity index is 536. The van der Waals surface area contributed by atoms with Gasteiger partial charge in [-0.15, -0.1) is 11.3 Å². The maximum Gasteiger partial charge on any atom is 0.0897 e. The lowest BCUT2D eigenvalue weighted by molar-refractivity contribution is 0.583. The molecule has 2 rings (SSSR count).